The minimum Gasteiger partial charge on any atom is -0.480 e. The van der Waals surface area contributed by atoms with Crippen LogP contribution in [0.4, 0.5) is 4.39 Å². The van der Waals surface area contributed by atoms with Crippen molar-refractivity contribution in [1.82, 2.24) is 15.1 Å². The van der Waals surface area contributed by atoms with Gasteiger partial charge in [-0.25, -0.2) is 13.9 Å². The standard InChI is InChI=1S/C16H16FN3O3/c1-9-8-20(12-6-4-11(17)5-7-12)19-13(9)15(21)18-14(16(22)23)10-2-3-10/h4-8,10,14H,2-3H2,1H3,(H,18,21)(H,22,23)/t14-/m0/s1. The lowest BCUT2D eigenvalue weighted by Gasteiger charge is -2.12. The Balaban J connectivity index is 1.81. The third-order valence-electron chi connectivity index (χ3n) is 3.85. The number of benzene rings is 1. The zero-order valence-corrected chi connectivity index (χ0v) is 12.5. The normalized spacial score (nSPS) is 15.2. The van der Waals surface area contributed by atoms with Crippen molar-refractivity contribution in [2.75, 3.05) is 0 Å². The Morgan fingerprint density at radius 2 is 2.00 bits per heavy atom. The second kappa shape index (κ2) is 5.83. The highest BCUT2D eigenvalue weighted by atomic mass is 19.1. The zero-order valence-electron chi connectivity index (χ0n) is 12.5. The molecule has 0 spiro atoms. The molecule has 3 rings (SSSR count). The number of amides is 1. The average molecular weight is 317 g/mol. The summed E-state index contributed by atoms with van der Waals surface area (Å²) in [7, 11) is 0. The molecule has 0 unspecified atom stereocenters. The van der Waals surface area contributed by atoms with Gasteiger partial charge in [0.1, 0.15) is 11.9 Å². The summed E-state index contributed by atoms with van der Waals surface area (Å²) in [5.41, 5.74) is 1.40. The van der Waals surface area contributed by atoms with E-state index in [4.69, 9.17) is 0 Å². The molecule has 1 fully saturated rings. The number of rotatable bonds is 5. The fourth-order valence-electron chi connectivity index (χ4n) is 2.43. The summed E-state index contributed by atoms with van der Waals surface area (Å²) < 4.78 is 14.4. The van der Waals surface area contributed by atoms with Crippen molar-refractivity contribution < 1.29 is 19.1 Å². The topological polar surface area (TPSA) is 84.2 Å². The fraction of sp³-hybridized carbons (Fsp3) is 0.312. The van der Waals surface area contributed by atoms with Gasteiger partial charge in [-0.15, -0.1) is 0 Å². The molecule has 120 valence electrons. The average Bonchev–Trinajstić information content (AvgIpc) is 3.27. The Bertz CT molecular complexity index is 750. The smallest absolute Gasteiger partial charge is 0.326 e. The van der Waals surface area contributed by atoms with E-state index in [0.717, 1.165) is 12.8 Å². The van der Waals surface area contributed by atoms with Gasteiger partial charge in [-0.05, 0) is 49.9 Å². The van der Waals surface area contributed by atoms with Crippen LogP contribution in [0.3, 0.4) is 0 Å². The van der Waals surface area contributed by atoms with Gasteiger partial charge in [0, 0.05) is 11.8 Å². The van der Waals surface area contributed by atoms with Crippen LogP contribution in [0.1, 0.15) is 28.9 Å². The number of halogens is 1. The van der Waals surface area contributed by atoms with E-state index in [2.05, 4.69) is 10.4 Å². The highest BCUT2D eigenvalue weighted by Gasteiger charge is 2.37. The van der Waals surface area contributed by atoms with Crippen molar-refractivity contribution in [3.63, 3.8) is 0 Å². The molecule has 1 aromatic heterocycles. The number of aromatic nitrogens is 2. The molecule has 0 saturated heterocycles. The number of carboxylic acid groups (broad SMARTS) is 1. The first-order chi connectivity index (χ1) is 11.0. The number of aryl methyl sites for hydroxylation is 1. The predicted octanol–water partition coefficient (Wildman–Crippen LogP) is 1.91. The Hall–Kier alpha value is -2.70. The first-order valence-corrected chi connectivity index (χ1v) is 7.31. The Morgan fingerprint density at radius 3 is 2.57 bits per heavy atom. The zero-order chi connectivity index (χ0) is 16.6. The van der Waals surface area contributed by atoms with Crippen LogP contribution >= 0.6 is 0 Å². The molecule has 6 nitrogen and oxygen atoms in total. The number of hydrogen-bond donors (Lipinski definition) is 2. The van der Waals surface area contributed by atoms with Crippen LogP contribution in [0.2, 0.25) is 0 Å². The Kier molecular flexibility index (Phi) is 3.85. The molecular weight excluding hydrogens is 301 g/mol. The van der Waals surface area contributed by atoms with E-state index >= 15 is 0 Å². The van der Waals surface area contributed by atoms with Gasteiger partial charge in [-0.1, -0.05) is 0 Å². The molecule has 1 amide bonds. The van der Waals surface area contributed by atoms with E-state index in [1.54, 1.807) is 25.3 Å². The summed E-state index contributed by atoms with van der Waals surface area (Å²) in [5.74, 6) is -1.90. The van der Waals surface area contributed by atoms with Crippen LogP contribution in [0.5, 0.6) is 0 Å². The summed E-state index contributed by atoms with van der Waals surface area (Å²) in [6, 6.07) is 4.83. The molecule has 1 atom stereocenters. The molecule has 1 aliphatic rings. The minimum absolute atomic E-state index is 0.00376. The number of carbonyl (C=O) groups is 2. The molecule has 0 radical (unpaired) electrons. The molecule has 0 aliphatic heterocycles. The van der Waals surface area contributed by atoms with Crippen molar-refractivity contribution >= 4 is 11.9 Å². The van der Waals surface area contributed by atoms with Gasteiger partial charge in [-0.2, -0.15) is 5.10 Å². The number of aliphatic carboxylic acids is 1. The van der Waals surface area contributed by atoms with Crippen molar-refractivity contribution in [1.29, 1.82) is 0 Å². The second-order valence-electron chi connectivity index (χ2n) is 5.71. The van der Waals surface area contributed by atoms with Crippen LogP contribution in [0, 0.1) is 18.7 Å². The maximum Gasteiger partial charge on any atom is 0.326 e. The molecule has 2 N–H and O–H groups in total. The summed E-state index contributed by atoms with van der Waals surface area (Å²) in [6.07, 6.45) is 3.26. The lowest BCUT2D eigenvalue weighted by atomic mass is 10.1. The third kappa shape index (κ3) is 3.23. The van der Waals surface area contributed by atoms with Gasteiger partial charge < -0.3 is 10.4 Å². The van der Waals surface area contributed by atoms with Gasteiger partial charge in [0.15, 0.2) is 5.69 Å². The number of carboxylic acids is 1. The first-order valence-electron chi connectivity index (χ1n) is 7.31. The van der Waals surface area contributed by atoms with Gasteiger partial charge in [0.05, 0.1) is 5.69 Å². The summed E-state index contributed by atoms with van der Waals surface area (Å²) in [5, 5.41) is 15.9. The van der Waals surface area contributed by atoms with E-state index in [9.17, 15) is 19.1 Å². The van der Waals surface area contributed by atoms with Crippen LogP contribution in [0.25, 0.3) is 5.69 Å². The van der Waals surface area contributed by atoms with Crippen molar-refractivity contribution in [2.24, 2.45) is 5.92 Å². The van der Waals surface area contributed by atoms with Crippen LogP contribution < -0.4 is 5.32 Å². The second-order valence-corrected chi connectivity index (χ2v) is 5.71. The monoisotopic (exact) mass is 317 g/mol. The number of carbonyl (C=O) groups excluding carboxylic acids is 1. The van der Waals surface area contributed by atoms with E-state index in [0.29, 0.717) is 11.3 Å². The SMILES string of the molecule is Cc1cn(-c2ccc(F)cc2)nc1C(=O)N[C@H](C(=O)O)C1CC1. The first kappa shape index (κ1) is 15.2. The lowest BCUT2D eigenvalue weighted by Crippen LogP contribution is -2.42. The highest BCUT2D eigenvalue weighted by molar-refractivity contribution is 5.96. The maximum atomic E-state index is 13.0. The van der Waals surface area contributed by atoms with Gasteiger partial charge in [-0.3, -0.25) is 4.79 Å². The molecular formula is C16H16FN3O3. The van der Waals surface area contributed by atoms with E-state index < -0.39 is 17.9 Å². The number of hydrogen-bond acceptors (Lipinski definition) is 3. The molecule has 2 aromatic rings. The van der Waals surface area contributed by atoms with Crippen LogP contribution in [-0.4, -0.2) is 32.8 Å². The summed E-state index contributed by atoms with van der Waals surface area (Å²) in [4.78, 5) is 23.5. The van der Waals surface area contributed by atoms with E-state index in [-0.39, 0.29) is 17.4 Å². The summed E-state index contributed by atoms with van der Waals surface area (Å²) in [6.45, 7) is 1.72. The van der Waals surface area contributed by atoms with Crippen molar-refractivity contribution in [3.8, 4) is 5.69 Å². The lowest BCUT2D eigenvalue weighted by molar-refractivity contribution is -0.139. The number of nitrogens with zero attached hydrogens (tertiary/aromatic N) is 2. The van der Waals surface area contributed by atoms with Crippen LogP contribution in [-0.2, 0) is 4.79 Å². The molecule has 1 heterocycles. The molecule has 1 saturated carbocycles. The molecule has 23 heavy (non-hydrogen) atoms. The third-order valence-corrected chi connectivity index (χ3v) is 3.85. The molecule has 1 aliphatic carbocycles. The molecule has 7 heteroatoms. The number of nitrogens with one attached hydrogen (secondary N) is 1. The Morgan fingerprint density at radius 1 is 1.35 bits per heavy atom. The Labute approximate surface area is 131 Å². The van der Waals surface area contributed by atoms with Crippen molar-refractivity contribution in [2.45, 2.75) is 25.8 Å². The van der Waals surface area contributed by atoms with E-state index in [1.165, 1.54) is 16.8 Å². The molecule has 1 aromatic carbocycles. The van der Waals surface area contributed by atoms with Crippen LogP contribution in [0.15, 0.2) is 30.5 Å². The van der Waals surface area contributed by atoms with Gasteiger partial charge in [0.2, 0.25) is 0 Å². The van der Waals surface area contributed by atoms with Gasteiger partial charge in [0.25, 0.3) is 5.91 Å². The van der Waals surface area contributed by atoms with E-state index in [1.807, 2.05) is 0 Å². The minimum atomic E-state index is -1.03. The molecule has 0 bridgehead atoms. The fourth-order valence-corrected chi connectivity index (χ4v) is 2.43. The quantitative estimate of drug-likeness (QED) is 0.882. The van der Waals surface area contributed by atoms with Crippen molar-refractivity contribution in [3.05, 3.63) is 47.5 Å². The maximum absolute atomic E-state index is 13.0. The highest BCUT2D eigenvalue weighted by Crippen LogP contribution is 2.32. The summed E-state index contributed by atoms with van der Waals surface area (Å²) >= 11 is 0. The largest absolute Gasteiger partial charge is 0.480 e. The van der Waals surface area contributed by atoms with Gasteiger partial charge >= 0.3 is 5.97 Å². The predicted molar refractivity (Wildman–Crippen MR) is 79.9 cm³/mol.